The minimum atomic E-state index is -0.464. The van der Waals surface area contributed by atoms with Crippen molar-refractivity contribution in [3.63, 3.8) is 0 Å². The Morgan fingerprint density at radius 3 is 1.81 bits per heavy atom. The second kappa shape index (κ2) is 11.2. The van der Waals surface area contributed by atoms with Gasteiger partial charge in [0.15, 0.2) is 0 Å². The van der Waals surface area contributed by atoms with E-state index in [2.05, 4.69) is 182 Å². The van der Waals surface area contributed by atoms with Gasteiger partial charge in [-0.25, -0.2) is 0 Å². The fourth-order valence-electron chi connectivity index (χ4n) is 11.3. The minimum absolute atomic E-state index is 0.464. The predicted octanol–water partition coefficient (Wildman–Crippen LogP) is 15.3. The molecule has 0 saturated heterocycles. The highest BCUT2D eigenvalue weighted by Crippen LogP contribution is 2.63. The van der Waals surface area contributed by atoms with Crippen molar-refractivity contribution in [1.29, 1.82) is 0 Å². The fraction of sp³-hybridized carbons (Fsp3) is 0.0175. The van der Waals surface area contributed by atoms with Crippen molar-refractivity contribution < 1.29 is 9.15 Å². The molecule has 0 saturated carbocycles. The third-order valence-corrected chi connectivity index (χ3v) is 13.5. The Bertz CT molecular complexity index is 3650. The molecule has 1 unspecified atom stereocenters. The van der Waals surface area contributed by atoms with Gasteiger partial charge in [-0.15, -0.1) is 0 Å². The van der Waals surface area contributed by atoms with E-state index in [1.807, 2.05) is 12.1 Å². The summed E-state index contributed by atoms with van der Waals surface area (Å²) in [6, 6.07) is 71.3. The van der Waals surface area contributed by atoms with Crippen molar-refractivity contribution in [3.05, 3.63) is 216 Å². The molecule has 3 aliphatic rings. The quantitative estimate of drug-likeness (QED) is 0.176. The van der Waals surface area contributed by atoms with Crippen LogP contribution in [0.25, 0.3) is 99.1 Å². The zero-order valence-electron chi connectivity index (χ0n) is 31.8. The maximum absolute atomic E-state index is 6.80. The van der Waals surface area contributed by atoms with Crippen LogP contribution in [0.2, 0.25) is 0 Å². The molecular formula is C57H32O2. The normalized spacial score (nSPS) is 15.3. The number of para-hydroxylation sites is 1. The number of benzene rings is 10. The Morgan fingerprint density at radius 2 is 0.915 bits per heavy atom. The Morgan fingerprint density at radius 1 is 0.322 bits per heavy atom. The van der Waals surface area contributed by atoms with E-state index in [1.54, 1.807) is 0 Å². The van der Waals surface area contributed by atoms with Gasteiger partial charge in [0.25, 0.3) is 0 Å². The number of rotatable bonds is 2. The molecule has 0 radical (unpaired) electrons. The van der Waals surface area contributed by atoms with Crippen LogP contribution in [0.5, 0.6) is 11.5 Å². The van der Waals surface area contributed by atoms with E-state index in [9.17, 15) is 0 Å². The van der Waals surface area contributed by atoms with Gasteiger partial charge in [-0.2, -0.15) is 0 Å². The molecule has 1 atom stereocenters. The summed E-state index contributed by atoms with van der Waals surface area (Å²) in [4.78, 5) is 0. The van der Waals surface area contributed by atoms with E-state index in [0.29, 0.717) is 0 Å². The molecule has 0 bridgehead atoms. The Kier molecular flexibility index (Phi) is 5.99. The van der Waals surface area contributed by atoms with E-state index < -0.39 is 5.41 Å². The van der Waals surface area contributed by atoms with Crippen molar-refractivity contribution in [1.82, 2.24) is 0 Å². The molecule has 272 valence electrons. The Labute approximate surface area is 340 Å². The average Bonchev–Trinajstić information content (AvgIpc) is 3.83. The molecular weight excluding hydrogens is 717 g/mol. The first kappa shape index (κ1) is 31.4. The van der Waals surface area contributed by atoms with Crippen LogP contribution < -0.4 is 4.74 Å². The minimum Gasteiger partial charge on any atom is -0.456 e. The van der Waals surface area contributed by atoms with Crippen molar-refractivity contribution in [2.45, 2.75) is 5.41 Å². The van der Waals surface area contributed by atoms with Crippen LogP contribution in [0.3, 0.4) is 0 Å². The van der Waals surface area contributed by atoms with Crippen molar-refractivity contribution in [2.75, 3.05) is 0 Å². The van der Waals surface area contributed by atoms with Crippen LogP contribution in [0.1, 0.15) is 22.3 Å². The van der Waals surface area contributed by atoms with E-state index in [4.69, 9.17) is 9.15 Å². The van der Waals surface area contributed by atoms with Gasteiger partial charge >= 0.3 is 0 Å². The Balaban J connectivity index is 0.998. The summed E-state index contributed by atoms with van der Waals surface area (Å²) in [6.07, 6.45) is 0. The summed E-state index contributed by atoms with van der Waals surface area (Å²) >= 11 is 0. The van der Waals surface area contributed by atoms with Crippen LogP contribution in [-0.2, 0) is 5.41 Å². The molecule has 59 heavy (non-hydrogen) atoms. The molecule has 2 aliphatic carbocycles. The summed E-state index contributed by atoms with van der Waals surface area (Å²) in [5.74, 6) is 1.75. The van der Waals surface area contributed by atoms with Crippen LogP contribution in [0, 0.1) is 0 Å². The van der Waals surface area contributed by atoms with Gasteiger partial charge in [-0.3, -0.25) is 0 Å². The molecule has 1 aromatic heterocycles. The molecule has 0 fully saturated rings. The number of fused-ring (bicyclic) bond motifs is 14. The van der Waals surface area contributed by atoms with Crippen LogP contribution >= 0.6 is 0 Å². The molecule has 14 rings (SSSR count). The van der Waals surface area contributed by atoms with Crippen LogP contribution in [-0.4, -0.2) is 0 Å². The van der Waals surface area contributed by atoms with Crippen molar-refractivity contribution >= 4 is 43.5 Å². The second-order valence-corrected chi connectivity index (χ2v) is 16.2. The number of furan rings is 1. The second-order valence-electron chi connectivity index (χ2n) is 16.2. The first-order valence-corrected chi connectivity index (χ1v) is 20.4. The lowest BCUT2D eigenvalue weighted by atomic mass is 9.61. The number of hydrogen-bond acceptors (Lipinski definition) is 2. The predicted molar refractivity (Wildman–Crippen MR) is 241 cm³/mol. The van der Waals surface area contributed by atoms with Crippen molar-refractivity contribution in [3.8, 4) is 67.1 Å². The topological polar surface area (TPSA) is 22.4 Å². The lowest BCUT2D eigenvalue weighted by Gasteiger charge is -2.40. The Hall–Kier alpha value is -7.68. The van der Waals surface area contributed by atoms with E-state index in [0.717, 1.165) is 60.9 Å². The average molecular weight is 749 g/mol. The van der Waals surface area contributed by atoms with E-state index >= 15 is 0 Å². The lowest BCUT2D eigenvalue weighted by Crippen LogP contribution is -2.31. The molecule has 0 amide bonds. The third kappa shape index (κ3) is 3.91. The number of ether oxygens (including phenoxy) is 1. The first-order chi connectivity index (χ1) is 29.3. The highest BCUT2D eigenvalue weighted by molar-refractivity contribution is 6.18. The molecule has 2 heteroatoms. The number of hydrogen-bond donors (Lipinski definition) is 0. The zero-order chi connectivity index (χ0) is 38.4. The van der Waals surface area contributed by atoms with Gasteiger partial charge in [0.2, 0.25) is 0 Å². The van der Waals surface area contributed by atoms with Crippen LogP contribution in [0.15, 0.2) is 199 Å². The fourth-order valence-corrected chi connectivity index (χ4v) is 11.3. The maximum Gasteiger partial charge on any atom is 0.136 e. The van der Waals surface area contributed by atoms with E-state index in [1.165, 1.54) is 72.0 Å². The maximum atomic E-state index is 6.80. The van der Waals surface area contributed by atoms with Gasteiger partial charge in [-0.1, -0.05) is 164 Å². The highest BCUT2D eigenvalue weighted by Gasteiger charge is 2.50. The SMILES string of the molecule is c1ccc2c(c1)-c1c(-c3ccc4c(c3)-c3cccc5c(-c6cccc7oc8ccccc8c67)ccc(c35)O4)cccc1C21c2ccccc2-c2cccc3cccc1c23. The van der Waals surface area contributed by atoms with Gasteiger partial charge in [0, 0.05) is 21.7 Å². The molecule has 2 nitrogen and oxygen atoms in total. The van der Waals surface area contributed by atoms with Crippen LogP contribution in [0.4, 0.5) is 0 Å². The molecule has 1 aliphatic heterocycles. The molecule has 2 heterocycles. The van der Waals surface area contributed by atoms with Gasteiger partial charge in [-0.05, 0) is 119 Å². The summed E-state index contributed by atoms with van der Waals surface area (Å²) in [7, 11) is 0. The van der Waals surface area contributed by atoms with Gasteiger partial charge < -0.3 is 9.15 Å². The summed E-state index contributed by atoms with van der Waals surface area (Å²) in [5, 5.41) is 7.18. The largest absolute Gasteiger partial charge is 0.456 e. The van der Waals surface area contributed by atoms with Crippen molar-refractivity contribution in [2.24, 2.45) is 0 Å². The summed E-state index contributed by atoms with van der Waals surface area (Å²) < 4.78 is 13.1. The third-order valence-electron chi connectivity index (χ3n) is 13.5. The van der Waals surface area contributed by atoms with Gasteiger partial charge in [0.1, 0.15) is 22.7 Å². The van der Waals surface area contributed by atoms with Gasteiger partial charge in [0.05, 0.1) is 5.41 Å². The molecule has 11 aromatic rings. The lowest BCUT2D eigenvalue weighted by molar-refractivity contribution is 0.487. The molecule has 10 aromatic carbocycles. The monoisotopic (exact) mass is 748 g/mol. The molecule has 1 spiro atoms. The molecule has 0 N–H and O–H groups in total. The smallest absolute Gasteiger partial charge is 0.136 e. The zero-order valence-corrected chi connectivity index (χ0v) is 31.8. The summed E-state index contributed by atoms with van der Waals surface area (Å²) in [6.45, 7) is 0. The summed E-state index contributed by atoms with van der Waals surface area (Å²) in [5.41, 5.74) is 18.9. The van der Waals surface area contributed by atoms with E-state index in [-0.39, 0.29) is 0 Å². The first-order valence-electron chi connectivity index (χ1n) is 20.4. The highest BCUT2D eigenvalue weighted by atomic mass is 16.5. The standard InChI is InChI=1S/C57H32O2/c1-4-22-45-37(14-1)40-18-7-12-33-13-8-24-47(53(33)40)57(45)46-23-5-2-15-42(46)54-35(17-10-25-48(54)57)34-28-30-50-44(32-34)41-20-9-19-38-36(29-31-52(59-50)55(38)41)39-21-11-27-51-56(39)43-16-3-6-26-49(43)58-51/h1-32H.